The largest absolute Gasteiger partial charge is 0.281 e. The summed E-state index contributed by atoms with van der Waals surface area (Å²) >= 11 is 0. The first kappa shape index (κ1) is 18.4. The van der Waals surface area contributed by atoms with Crippen molar-refractivity contribution in [1.82, 2.24) is 25.6 Å². The molecule has 144 valence electrons. The molecule has 0 aliphatic carbocycles. The average Bonchev–Trinajstić information content (AvgIpc) is 3.30. The fraction of sp³-hybridized carbons (Fsp3) is 0.0909. The highest BCUT2D eigenvalue weighted by atomic mass is 16.2. The van der Waals surface area contributed by atoms with Gasteiger partial charge in [0.15, 0.2) is 0 Å². The highest BCUT2D eigenvalue weighted by molar-refractivity contribution is 5.80. The maximum absolute atomic E-state index is 12.7. The molecule has 0 aliphatic heterocycles. The van der Waals surface area contributed by atoms with Crippen LogP contribution in [0.15, 0.2) is 91.3 Å². The molecule has 0 saturated heterocycles. The number of hydrogen-bond acceptors (Lipinski definition) is 5. The summed E-state index contributed by atoms with van der Waals surface area (Å²) in [7, 11) is 0. The van der Waals surface area contributed by atoms with E-state index in [0.717, 1.165) is 22.5 Å². The summed E-state index contributed by atoms with van der Waals surface area (Å²) in [6.07, 6.45) is 1.80. The molecule has 0 spiro atoms. The standard InChI is InChI=1S/C22H20N6O/c29-22(15-18-11-13-21(14-12-18)28-17-23-25-26-28)24-27(20-9-5-2-6-10-20)16-19-7-3-1-4-8-19/h1-14,17H,15-16H2,(H,24,29). The van der Waals surface area contributed by atoms with Gasteiger partial charge in [-0.25, -0.2) is 4.68 Å². The van der Waals surface area contributed by atoms with E-state index >= 15 is 0 Å². The summed E-state index contributed by atoms with van der Waals surface area (Å²) in [4.78, 5) is 12.7. The minimum absolute atomic E-state index is 0.0834. The molecule has 7 nitrogen and oxygen atoms in total. The minimum Gasteiger partial charge on any atom is -0.281 e. The third kappa shape index (κ3) is 4.84. The van der Waals surface area contributed by atoms with Crippen LogP contribution in [0.1, 0.15) is 11.1 Å². The van der Waals surface area contributed by atoms with E-state index in [1.807, 2.05) is 89.9 Å². The Labute approximate surface area is 168 Å². The number of rotatable bonds is 7. The topological polar surface area (TPSA) is 75.9 Å². The second-order valence-electron chi connectivity index (χ2n) is 6.54. The molecule has 1 N–H and O–H groups in total. The van der Waals surface area contributed by atoms with Crippen LogP contribution in [-0.2, 0) is 17.8 Å². The quantitative estimate of drug-likeness (QED) is 0.496. The predicted molar refractivity (Wildman–Crippen MR) is 110 cm³/mol. The molecule has 0 fully saturated rings. The van der Waals surface area contributed by atoms with Crippen LogP contribution in [0.5, 0.6) is 0 Å². The van der Waals surface area contributed by atoms with Gasteiger partial charge in [-0.15, -0.1) is 5.10 Å². The molecule has 3 aromatic carbocycles. The number of benzene rings is 3. The van der Waals surface area contributed by atoms with Crippen molar-refractivity contribution in [3.63, 3.8) is 0 Å². The molecule has 0 atom stereocenters. The summed E-state index contributed by atoms with van der Waals surface area (Å²) in [6, 6.07) is 27.4. The van der Waals surface area contributed by atoms with E-state index in [2.05, 4.69) is 21.0 Å². The summed E-state index contributed by atoms with van der Waals surface area (Å²) in [6.45, 7) is 0.578. The van der Waals surface area contributed by atoms with E-state index in [-0.39, 0.29) is 12.3 Å². The molecule has 0 radical (unpaired) electrons. The zero-order valence-electron chi connectivity index (χ0n) is 15.7. The Bertz CT molecular complexity index is 1030. The van der Waals surface area contributed by atoms with Gasteiger partial charge in [0.25, 0.3) is 0 Å². The predicted octanol–water partition coefficient (Wildman–Crippen LogP) is 2.94. The van der Waals surface area contributed by atoms with Crippen molar-refractivity contribution in [2.45, 2.75) is 13.0 Å². The van der Waals surface area contributed by atoms with Gasteiger partial charge in [-0.1, -0.05) is 60.7 Å². The normalized spacial score (nSPS) is 10.5. The maximum atomic E-state index is 12.7. The van der Waals surface area contributed by atoms with E-state index in [1.165, 1.54) is 6.33 Å². The summed E-state index contributed by atoms with van der Waals surface area (Å²) in [5.41, 5.74) is 6.82. The number of tetrazole rings is 1. The molecule has 4 rings (SSSR count). The van der Waals surface area contributed by atoms with Gasteiger partial charge >= 0.3 is 0 Å². The second-order valence-corrected chi connectivity index (χ2v) is 6.54. The highest BCUT2D eigenvalue weighted by Crippen LogP contribution is 2.15. The second kappa shape index (κ2) is 8.79. The van der Waals surface area contributed by atoms with E-state index in [4.69, 9.17) is 0 Å². The van der Waals surface area contributed by atoms with E-state index in [0.29, 0.717) is 6.54 Å². The Kier molecular flexibility index (Phi) is 5.57. The van der Waals surface area contributed by atoms with E-state index < -0.39 is 0 Å². The first-order valence-corrected chi connectivity index (χ1v) is 9.26. The molecule has 1 amide bonds. The minimum atomic E-state index is -0.0834. The fourth-order valence-corrected chi connectivity index (χ4v) is 2.99. The molecule has 1 heterocycles. The van der Waals surface area contributed by atoms with Crippen molar-refractivity contribution in [2.24, 2.45) is 0 Å². The Morgan fingerprint density at radius 2 is 1.55 bits per heavy atom. The number of nitrogens with zero attached hydrogens (tertiary/aromatic N) is 5. The van der Waals surface area contributed by atoms with Crippen LogP contribution in [0, 0.1) is 0 Å². The van der Waals surface area contributed by atoms with Crippen LogP contribution in [0.2, 0.25) is 0 Å². The molecular formula is C22H20N6O. The van der Waals surface area contributed by atoms with Gasteiger partial charge < -0.3 is 0 Å². The maximum Gasteiger partial charge on any atom is 0.242 e. The summed E-state index contributed by atoms with van der Waals surface area (Å²) in [5, 5.41) is 13.0. The number of anilines is 1. The molecule has 0 saturated carbocycles. The highest BCUT2D eigenvalue weighted by Gasteiger charge is 2.12. The van der Waals surface area contributed by atoms with E-state index in [1.54, 1.807) is 4.68 Å². The number of carbonyl (C=O) groups excluding carboxylic acids is 1. The average molecular weight is 384 g/mol. The van der Waals surface area contributed by atoms with Gasteiger partial charge in [0.05, 0.1) is 24.3 Å². The van der Waals surface area contributed by atoms with Crippen molar-refractivity contribution in [2.75, 3.05) is 5.01 Å². The van der Waals surface area contributed by atoms with Crippen LogP contribution in [-0.4, -0.2) is 26.1 Å². The molecule has 4 aromatic rings. The van der Waals surface area contributed by atoms with Crippen molar-refractivity contribution in [3.05, 3.63) is 102 Å². The van der Waals surface area contributed by atoms with Crippen molar-refractivity contribution in [3.8, 4) is 5.69 Å². The Morgan fingerprint density at radius 3 is 2.21 bits per heavy atom. The summed E-state index contributed by atoms with van der Waals surface area (Å²) < 4.78 is 1.57. The van der Waals surface area contributed by atoms with Crippen LogP contribution in [0.25, 0.3) is 5.69 Å². The lowest BCUT2D eigenvalue weighted by Gasteiger charge is -2.25. The number of hydrazine groups is 1. The fourth-order valence-electron chi connectivity index (χ4n) is 2.99. The van der Waals surface area contributed by atoms with Crippen LogP contribution >= 0.6 is 0 Å². The molecular weight excluding hydrogens is 364 g/mol. The molecule has 7 heteroatoms. The van der Waals surface area contributed by atoms with Gasteiger partial charge in [-0.3, -0.25) is 15.2 Å². The van der Waals surface area contributed by atoms with Gasteiger partial charge in [0.2, 0.25) is 5.91 Å². The molecule has 0 unspecified atom stereocenters. The van der Waals surface area contributed by atoms with Crippen molar-refractivity contribution >= 4 is 11.6 Å². The third-order valence-electron chi connectivity index (χ3n) is 4.43. The van der Waals surface area contributed by atoms with Gasteiger partial charge in [0, 0.05) is 0 Å². The van der Waals surface area contributed by atoms with Gasteiger partial charge in [-0.05, 0) is 45.8 Å². The first-order valence-electron chi connectivity index (χ1n) is 9.26. The number of aromatic nitrogens is 4. The number of carbonyl (C=O) groups is 1. The number of para-hydroxylation sites is 1. The number of nitrogens with one attached hydrogen (secondary N) is 1. The monoisotopic (exact) mass is 384 g/mol. The Hall–Kier alpha value is -4.00. The lowest BCUT2D eigenvalue weighted by molar-refractivity contribution is -0.120. The van der Waals surface area contributed by atoms with Gasteiger partial charge in [-0.2, -0.15) is 0 Å². The molecule has 29 heavy (non-hydrogen) atoms. The molecule has 0 bridgehead atoms. The molecule has 1 aromatic heterocycles. The van der Waals surface area contributed by atoms with Gasteiger partial charge in [0.1, 0.15) is 6.33 Å². The summed E-state index contributed by atoms with van der Waals surface area (Å²) in [5.74, 6) is -0.0834. The number of amides is 1. The van der Waals surface area contributed by atoms with Crippen molar-refractivity contribution < 1.29 is 4.79 Å². The SMILES string of the molecule is O=C(Cc1ccc(-n2cnnn2)cc1)NN(Cc1ccccc1)c1ccccc1. The molecule has 0 aliphatic rings. The zero-order valence-corrected chi connectivity index (χ0v) is 15.7. The van der Waals surface area contributed by atoms with Crippen molar-refractivity contribution in [1.29, 1.82) is 0 Å². The smallest absolute Gasteiger partial charge is 0.242 e. The lowest BCUT2D eigenvalue weighted by Crippen LogP contribution is -2.42. The van der Waals surface area contributed by atoms with E-state index in [9.17, 15) is 4.79 Å². The van der Waals surface area contributed by atoms with Crippen LogP contribution < -0.4 is 10.4 Å². The number of hydrogen-bond donors (Lipinski definition) is 1. The Balaban J connectivity index is 1.45. The van der Waals surface area contributed by atoms with Crippen LogP contribution in [0.4, 0.5) is 5.69 Å². The lowest BCUT2D eigenvalue weighted by atomic mass is 10.1. The first-order chi connectivity index (χ1) is 14.3. The van der Waals surface area contributed by atoms with Crippen LogP contribution in [0.3, 0.4) is 0 Å². The third-order valence-corrected chi connectivity index (χ3v) is 4.43. The zero-order chi connectivity index (χ0) is 19.9. The Morgan fingerprint density at radius 1 is 0.862 bits per heavy atom.